The number of hydrogen-bond donors (Lipinski definition) is 2. The maximum Gasteiger partial charge on any atom is 0.335 e. The molecule has 6 heteroatoms. The Balaban J connectivity index is 1.60. The Hall–Kier alpha value is -3.15. The summed E-state index contributed by atoms with van der Waals surface area (Å²) in [6.45, 7) is 3.07. The van der Waals surface area contributed by atoms with E-state index in [2.05, 4.69) is 5.32 Å². The van der Waals surface area contributed by atoms with Crippen LogP contribution in [0.3, 0.4) is 0 Å². The second-order valence-corrected chi connectivity index (χ2v) is 7.38. The monoisotopic (exact) mass is 394 g/mol. The van der Waals surface area contributed by atoms with Crippen LogP contribution in [0.1, 0.15) is 52.5 Å². The number of carboxylic acids is 1. The van der Waals surface area contributed by atoms with Crippen LogP contribution in [0.5, 0.6) is 0 Å². The summed E-state index contributed by atoms with van der Waals surface area (Å²) < 4.78 is 0. The van der Waals surface area contributed by atoms with Gasteiger partial charge in [-0.2, -0.15) is 0 Å². The first-order valence-corrected chi connectivity index (χ1v) is 9.98. The van der Waals surface area contributed by atoms with E-state index in [1.54, 1.807) is 43.3 Å². The molecule has 1 heterocycles. The lowest BCUT2D eigenvalue weighted by Gasteiger charge is -2.32. The average Bonchev–Trinajstić information content (AvgIpc) is 2.74. The van der Waals surface area contributed by atoms with Gasteiger partial charge in [0.05, 0.1) is 5.56 Å². The van der Waals surface area contributed by atoms with Crippen molar-refractivity contribution in [3.63, 3.8) is 0 Å². The van der Waals surface area contributed by atoms with Crippen molar-refractivity contribution < 1.29 is 19.5 Å². The molecule has 2 aromatic carbocycles. The molecule has 0 aromatic heterocycles. The molecule has 3 rings (SSSR count). The van der Waals surface area contributed by atoms with Crippen LogP contribution in [0, 0.1) is 5.92 Å². The number of nitrogens with one attached hydrogen (secondary N) is 1. The van der Waals surface area contributed by atoms with Crippen molar-refractivity contribution in [2.75, 3.05) is 18.4 Å². The fourth-order valence-corrected chi connectivity index (χ4v) is 3.72. The van der Waals surface area contributed by atoms with E-state index in [4.69, 9.17) is 0 Å². The van der Waals surface area contributed by atoms with Gasteiger partial charge in [-0.3, -0.25) is 9.59 Å². The maximum atomic E-state index is 12.9. The molecule has 2 amide bonds. The zero-order valence-electron chi connectivity index (χ0n) is 16.6. The van der Waals surface area contributed by atoms with Crippen molar-refractivity contribution in [3.05, 3.63) is 65.2 Å². The van der Waals surface area contributed by atoms with Crippen LogP contribution in [0.4, 0.5) is 5.69 Å². The van der Waals surface area contributed by atoms with E-state index in [1.165, 1.54) is 0 Å². The number of carbonyl (C=O) groups is 3. The molecule has 1 aliphatic heterocycles. The van der Waals surface area contributed by atoms with E-state index in [-0.39, 0.29) is 11.8 Å². The van der Waals surface area contributed by atoms with Crippen LogP contribution in [0.2, 0.25) is 0 Å². The first-order valence-electron chi connectivity index (χ1n) is 9.98. The first kappa shape index (κ1) is 20.6. The quantitative estimate of drug-likeness (QED) is 0.780. The molecule has 2 N–H and O–H groups in total. The van der Waals surface area contributed by atoms with Crippen LogP contribution in [0.25, 0.3) is 0 Å². The smallest absolute Gasteiger partial charge is 0.335 e. The molecule has 0 aliphatic carbocycles. The zero-order valence-corrected chi connectivity index (χ0v) is 16.6. The minimum Gasteiger partial charge on any atom is -0.478 e. The summed E-state index contributed by atoms with van der Waals surface area (Å²) in [5.74, 6) is -0.669. The van der Waals surface area contributed by atoms with Crippen LogP contribution in [0.15, 0.2) is 48.5 Å². The molecule has 0 radical (unpaired) electrons. The predicted molar refractivity (Wildman–Crippen MR) is 111 cm³/mol. The average molecular weight is 394 g/mol. The van der Waals surface area contributed by atoms with Gasteiger partial charge < -0.3 is 15.3 Å². The lowest BCUT2D eigenvalue weighted by molar-refractivity contribution is -0.115. The highest BCUT2D eigenvalue weighted by Gasteiger charge is 2.25. The Morgan fingerprint density at radius 1 is 1.07 bits per heavy atom. The normalized spacial score (nSPS) is 14.4. The van der Waals surface area contributed by atoms with Gasteiger partial charge in [-0.05, 0) is 55.0 Å². The van der Waals surface area contributed by atoms with E-state index in [0.29, 0.717) is 48.7 Å². The summed E-state index contributed by atoms with van der Waals surface area (Å²) in [4.78, 5) is 37.7. The van der Waals surface area contributed by atoms with Gasteiger partial charge in [0, 0.05) is 30.8 Å². The molecule has 0 atom stereocenters. The van der Waals surface area contributed by atoms with Crippen LogP contribution in [-0.4, -0.2) is 40.9 Å². The predicted octanol–water partition coefficient (Wildman–Crippen LogP) is 3.83. The second-order valence-electron chi connectivity index (χ2n) is 7.38. The van der Waals surface area contributed by atoms with Crippen LogP contribution >= 0.6 is 0 Å². The molecule has 0 saturated carbocycles. The summed E-state index contributed by atoms with van der Waals surface area (Å²) in [5, 5.41) is 12.1. The molecule has 152 valence electrons. The number of carbonyl (C=O) groups excluding carboxylic acids is 2. The standard InChI is InChI=1S/C23H26N2O4/c1-2-21(26)24-19-8-5-7-18(15-19)22(27)25-12-10-16(11-13-25)14-17-6-3-4-9-20(17)23(28)29/h3-9,15-16H,2,10-14H2,1H3,(H,24,26)(H,28,29). The number of piperidine rings is 1. The van der Waals surface area contributed by atoms with Gasteiger partial charge in [0.1, 0.15) is 0 Å². The Bertz CT molecular complexity index is 901. The van der Waals surface area contributed by atoms with Crippen LogP contribution in [-0.2, 0) is 11.2 Å². The van der Waals surface area contributed by atoms with Crippen molar-refractivity contribution in [1.29, 1.82) is 0 Å². The Kier molecular flexibility index (Phi) is 6.65. The van der Waals surface area contributed by atoms with Crippen molar-refractivity contribution in [2.45, 2.75) is 32.6 Å². The maximum absolute atomic E-state index is 12.9. The fraction of sp³-hybridized carbons (Fsp3) is 0.348. The molecule has 1 aliphatic rings. The Labute approximate surface area is 170 Å². The highest BCUT2D eigenvalue weighted by Crippen LogP contribution is 2.25. The van der Waals surface area contributed by atoms with Gasteiger partial charge >= 0.3 is 5.97 Å². The number of nitrogens with zero attached hydrogens (tertiary/aromatic N) is 1. The van der Waals surface area contributed by atoms with Gasteiger partial charge in [-0.15, -0.1) is 0 Å². The Morgan fingerprint density at radius 2 is 1.79 bits per heavy atom. The molecule has 6 nitrogen and oxygen atoms in total. The van der Waals surface area contributed by atoms with Gasteiger partial charge in [0.15, 0.2) is 0 Å². The summed E-state index contributed by atoms with van der Waals surface area (Å²) >= 11 is 0. The third kappa shape index (κ3) is 5.22. The minimum absolute atomic E-state index is 0.0398. The summed E-state index contributed by atoms with van der Waals surface area (Å²) in [5.41, 5.74) is 2.40. The number of hydrogen-bond acceptors (Lipinski definition) is 3. The van der Waals surface area contributed by atoms with Crippen LogP contribution < -0.4 is 5.32 Å². The summed E-state index contributed by atoms with van der Waals surface area (Å²) in [7, 11) is 0. The number of amides is 2. The number of rotatable bonds is 6. The molecule has 0 unspecified atom stereocenters. The van der Waals surface area contributed by atoms with E-state index in [0.717, 1.165) is 18.4 Å². The molecular weight excluding hydrogens is 368 g/mol. The Morgan fingerprint density at radius 3 is 2.48 bits per heavy atom. The van der Waals surface area contributed by atoms with Gasteiger partial charge in [0.25, 0.3) is 5.91 Å². The zero-order chi connectivity index (χ0) is 20.8. The molecule has 2 aromatic rings. The number of aromatic carboxylic acids is 1. The lowest BCUT2D eigenvalue weighted by atomic mass is 9.88. The van der Waals surface area contributed by atoms with E-state index in [1.807, 2.05) is 17.0 Å². The summed E-state index contributed by atoms with van der Waals surface area (Å²) in [6.07, 6.45) is 2.78. The van der Waals surface area contributed by atoms with Gasteiger partial charge in [-0.1, -0.05) is 31.2 Å². The van der Waals surface area contributed by atoms with Crippen molar-refractivity contribution in [2.24, 2.45) is 5.92 Å². The second kappa shape index (κ2) is 9.37. The lowest BCUT2D eigenvalue weighted by Crippen LogP contribution is -2.39. The minimum atomic E-state index is -0.900. The number of benzene rings is 2. The molecule has 1 fully saturated rings. The molecule has 29 heavy (non-hydrogen) atoms. The van der Waals surface area contributed by atoms with E-state index in [9.17, 15) is 19.5 Å². The topological polar surface area (TPSA) is 86.7 Å². The molecule has 0 bridgehead atoms. The van der Waals surface area contributed by atoms with E-state index >= 15 is 0 Å². The van der Waals surface area contributed by atoms with Gasteiger partial charge in [0.2, 0.25) is 5.91 Å². The SMILES string of the molecule is CCC(=O)Nc1cccc(C(=O)N2CCC(Cc3ccccc3C(=O)O)CC2)c1. The van der Waals surface area contributed by atoms with Gasteiger partial charge in [-0.25, -0.2) is 4.79 Å². The third-order valence-corrected chi connectivity index (χ3v) is 5.37. The summed E-state index contributed by atoms with van der Waals surface area (Å²) in [6, 6.07) is 14.1. The molecular formula is C23H26N2O4. The largest absolute Gasteiger partial charge is 0.478 e. The molecule has 0 spiro atoms. The van der Waals surface area contributed by atoms with E-state index < -0.39 is 5.97 Å². The third-order valence-electron chi connectivity index (χ3n) is 5.37. The highest BCUT2D eigenvalue weighted by atomic mass is 16.4. The highest BCUT2D eigenvalue weighted by molar-refractivity contribution is 5.97. The number of likely N-dealkylation sites (tertiary alicyclic amines) is 1. The first-order chi connectivity index (χ1) is 14.0. The fourth-order valence-electron chi connectivity index (χ4n) is 3.72. The van der Waals surface area contributed by atoms with Crippen molar-refractivity contribution in [3.8, 4) is 0 Å². The van der Waals surface area contributed by atoms with Crippen molar-refractivity contribution in [1.82, 2.24) is 4.90 Å². The molecule has 1 saturated heterocycles. The number of anilines is 1. The van der Waals surface area contributed by atoms with Crippen molar-refractivity contribution >= 4 is 23.5 Å². The number of carboxylic acid groups (broad SMARTS) is 1.